The Morgan fingerprint density at radius 2 is 2.18 bits per heavy atom. The smallest absolute Gasteiger partial charge is 0.242 e. The fraction of sp³-hybridized carbons (Fsp3) is 0.545. The highest BCUT2D eigenvalue weighted by Gasteiger charge is 2.39. The van der Waals surface area contributed by atoms with E-state index in [0.29, 0.717) is 0 Å². The summed E-state index contributed by atoms with van der Waals surface area (Å²) < 4.78 is 27.0. The van der Waals surface area contributed by atoms with Gasteiger partial charge in [0, 0.05) is 11.7 Å². The van der Waals surface area contributed by atoms with Gasteiger partial charge in [-0.2, -0.15) is 0 Å². The van der Waals surface area contributed by atoms with Gasteiger partial charge in [0.2, 0.25) is 10.0 Å². The highest BCUT2D eigenvalue weighted by Crippen LogP contribution is 2.35. The molecule has 0 unspecified atom stereocenters. The van der Waals surface area contributed by atoms with Crippen molar-refractivity contribution in [3.05, 3.63) is 23.5 Å². The SMILES string of the molecule is CCC1(NS(=O)(=O)c2ccc(Cl)nc2)CCC1. The second kappa shape index (κ2) is 4.55. The normalized spacial score (nSPS) is 18.7. The fourth-order valence-corrected chi connectivity index (χ4v) is 3.58. The van der Waals surface area contributed by atoms with Crippen molar-refractivity contribution in [1.82, 2.24) is 9.71 Å². The summed E-state index contributed by atoms with van der Waals surface area (Å²) in [4.78, 5) is 3.96. The second-order valence-corrected chi connectivity index (χ2v) is 6.48. The van der Waals surface area contributed by atoms with E-state index in [1.807, 2.05) is 6.92 Å². The predicted molar refractivity (Wildman–Crippen MR) is 66.4 cm³/mol. The van der Waals surface area contributed by atoms with Crippen molar-refractivity contribution < 1.29 is 8.42 Å². The minimum absolute atomic E-state index is 0.168. The number of nitrogens with zero attached hydrogens (tertiary/aromatic N) is 1. The van der Waals surface area contributed by atoms with Crippen molar-refractivity contribution in [3.8, 4) is 0 Å². The number of halogens is 1. The Kier molecular flexibility index (Phi) is 3.43. The number of sulfonamides is 1. The van der Waals surface area contributed by atoms with Gasteiger partial charge in [-0.05, 0) is 37.8 Å². The van der Waals surface area contributed by atoms with Crippen LogP contribution in [0, 0.1) is 0 Å². The lowest BCUT2D eigenvalue weighted by Gasteiger charge is -2.41. The minimum atomic E-state index is -3.48. The minimum Gasteiger partial charge on any atom is -0.243 e. The van der Waals surface area contributed by atoms with Gasteiger partial charge in [-0.15, -0.1) is 0 Å². The Bertz CT molecular complexity index is 489. The van der Waals surface area contributed by atoms with E-state index >= 15 is 0 Å². The number of rotatable bonds is 4. The molecule has 4 nitrogen and oxygen atoms in total. The third kappa shape index (κ3) is 2.61. The van der Waals surface area contributed by atoms with E-state index < -0.39 is 10.0 Å². The Morgan fingerprint density at radius 1 is 1.47 bits per heavy atom. The number of hydrogen-bond donors (Lipinski definition) is 1. The van der Waals surface area contributed by atoms with Crippen LogP contribution in [0.5, 0.6) is 0 Å². The lowest BCUT2D eigenvalue weighted by atomic mass is 9.76. The zero-order valence-electron chi connectivity index (χ0n) is 9.61. The Hall–Kier alpha value is -0.650. The molecule has 0 spiro atoms. The number of hydrogen-bond acceptors (Lipinski definition) is 3. The van der Waals surface area contributed by atoms with Crippen molar-refractivity contribution in [2.24, 2.45) is 0 Å². The first-order chi connectivity index (χ1) is 7.97. The van der Waals surface area contributed by atoms with Crippen molar-refractivity contribution in [1.29, 1.82) is 0 Å². The van der Waals surface area contributed by atoms with Crippen LogP contribution in [-0.2, 0) is 10.0 Å². The van der Waals surface area contributed by atoms with Crippen LogP contribution in [0.15, 0.2) is 23.2 Å². The summed E-state index contributed by atoms with van der Waals surface area (Å²) in [6.07, 6.45) is 4.99. The molecule has 6 heteroatoms. The van der Waals surface area contributed by atoms with Gasteiger partial charge in [0.15, 0.2) is 0 Å². The summed E-state index contributed by atoms with van der Waals surface area (Å²) in [5, 5.41) is 0.290. The zero-order valence-corrected chi connectivity index (χ0v) is 11.2. The van der Waals surface area contributed by atoms with Crippen LogP contribution in [0.25, 0.3) is 0 Å². The quantitative estimate of drug-likeness (QED) is 0.858. The van der Waals surface area contributed by atoms with Gasteiger partial charge in [0.1, 0.15) is 10.0 Å². The molecule has 0 amide bonds. The molecule has 1 aliphatic rings. The van der Waals surface area contributed by atoms with Crippen LogP contribution in [-0.4, -0.2) is 18.9 Å². The topological polar surface area (TPSA) is 59.1 Å². The molecule has 1 fully saturated rings. The average Bonchev–Trinajstić information content (AvgIpc) is 2.24. The summed E-state index contributed by atoms with van der Waals surface area (Å²) >= 11 is 5.63. The van der Waals surface area contributed by atoms with E-state index in [1.54, 1.807) is 0 Å². The molecule has 17 heavy (non-hydrogen) atoms. The Labute approximate surface area is 106 Å². The molecule has 0 bridgehead atoms. The van der Waals surface area contributed by atoms with Gasteiger partial charge in [-0.25, -0.2) is 18.1 Å². The molecule has 1 aromatic heterocycles. The third-order valence-corrected chi connectivity index (χ3v) is 5.14. The van der Waals surface area contributed by atoms with Crippen molar-refractivity contribution in [3.63, 3.8) is 0 Å². The van der Waals surface area contributed by atoms with E-state index in [9.17, 15) is 8.42 Å². The lowest BCUT2D eigenvalue weighted by molar-refractivity contribution is 0.214. The van der Waals surface area contributed by atoms with E-state index in [0.717, 1.165) is 25.7 Å². The van der Waals surface area contributed by atoms with Crippen molar-refractivity contribution in [2.75, 3.05) is 0 Å². The first-order valence-electron chi connectivity index (χ1n) is 5.63. The molecule has 1 saturated carbocycles. The fourth-order valence-electron chi connectivity index (χ4n) is 2.00. The Balaban J connectivity index is 2.22. The van der Waals surface area contributed by atoms with E-state index in [4.69, 9.17) is 11.6 Å². The summed E-state index contributed by atoms with van der Waals surface area (Å²) in [6.45, 7) is 2.00. The molecule has 0 aromatic carbocycles. The molecular formula is C11H15ClN2O2S. The van der Waals surface area contributed by atoms with Crippen molar-refractivity contribution in [2.45, 2.75) is 43.0 Å². The molecule has 94 valence electrons. The first kappa shape index (κ1) is 12.8. The van der Waals surface area contributed by atoms with Crippen LogP contribution in [0.4, 0.5) is 0 Å². The highest BCUT2D eigenvalue weighted by molar-refractivity contribution is 7.89. The average molecular weight is 275 g/mol. The van der Waals surface area contributed by atoms with Crippen LogP contribution in [0.2, 0.25) is 5.15 Å². The summed E-state index contributed by atoms with van der Waals surface area (Å²) in [5.41, 5.74) is -0.252. The van der Waals surface area contributed by atoms with Gasteiger partial charge in [0.05, 0.1) is 0 Å². The molecule has 2 rings (SSSR count). The maximum Gasteiger partial charge on any atom is 0.242 e. The largest absolute Gasteiger partial charge is 0.243 e. The standard InChI is InChI=1S/C11H15ClN2O2S/c1-2-11(6-3-7-11)14-17(15,16)9-4-5-10(12)13-8-9/h4-5,8,14H,2-3,6-7H2,1H3. The monoisotopic (exact) mass is 274 g/mol. The van der Waals surface area contributed by atoms with Crippen molar-refractivity contribution >= 4 is 21.6 Å². The highest BCUT2D eigenvalue weighted by atomic mass is 35.5. The molecule has 0 saturated heterocycles. The maximum absolute atomic E-state index is 12.1. The number of pyridine rings is 1. The summed E-state index contributed by atoms with van der Waals surface area (Å²) in [7, 11) is -3.48. The second-order valence-electron chi connectivity index (χ2n) is 4.41. The predicted octanol–water partition coefficient (Wildman–Crippen LogP) is 2.35. The Morgan fingerprint density at radius 3 is 2.59 bits per heavy atom. The molecule has 1 heterocycles. The van der Waals surface area contributed by atoms with Crippen LogP contribution >= 0.6 is 11.6 Å². The van der Waals surface area contributed by atoms with E-state index in [-0.39, 0.29) is 15.6 Å². The summed E-state index contributed by atoms with van der Waals surface area (Å²) in [5.74, 6) is 0. The molecule has 1 N–H and O–H groups in total. The molecule has 1 aliphatic carbocycles. The van der Waals surface area contributed by atoms with Gasteiger partial charge in [-0.1, -0.05) is 18.5 Å². The van der Waals surface area contributed by atoms with Crippen LogP contribution in [0.1, 0.15) is 32.6 Å². The van der Waals surface area contributed by atoms with Gasteiger partial charge >= 0.3 is 0 Å². The lowest BCUT2D eigenvalue weighted by Crippen LogP contribution is -2.52. The van der Waals surface area contributed by atoms with Gasteiger partial charge in [-0.3, -0.25) is 0 Å². The number of aromatic nitrogens is 1. The molecule has 0 atom stereocenters. The zero-order chi connectivity index (χ0) is 12.5. The van der Waals surface area contributed by atoms with E-state index in [1.165, 1.54) is 18.3 Å². The summed E-state index contributed by atoms with van der Waals surface area (Å²) in [6, 6.07) is 2.95. The third-order valence-electron chi connectivity index (χ3n) is 3.35. The maximum atomic E-state index is 12.1. The molecule has 1 aromatic rings. The first-order valence-corrected chi connectivity index (χ1v) is 7.49. The van der Waals surface area contributed by atoms with E-state index in [2.05, 4.69) is 9.71 Å². The molecule has 0 aliphatic heterocycles. The number of nitrogens with one attached hydrogen (secondary N) is 1. The van der Waals surface area contributed by atoms with Crippen LogP contribution in [0.3, 0.4) is 0 Å². The molecule has 0 radical (unpaired) electrons. The van der Waals surface area contributed by atoms with Gasteiger partial charge < -0.3 is 0 Å². The van der Waals surface area contributed by atoms with Crippen LogP contribution < -0.4 is 4.72 Å². The molecular weight excluding hydrogens is 260 g/mol. The van der Waals surface area contributed by atoms with Gasteiger partial charge in [0.25, 0.3) is 0 Å².